The summed E-state index contributed by atoms with van der Waals surface area (Å²) >= 11 is 1.74. The molecule has 164 valence electrons. The van der Waals surface area contributed by atoms with Crippen LogP contribution in [0, 0.1) is 10.1 Å². The van der Waals surface area contributed by atoms with Crippen molar-refractivity contribution >= 4 is 22.9 Å². The SMILES string of the molecule is CN1C(=O)CC[C@]2(C)c3ccc(-c4cc(Cc5ccc([N+](=O)[O-])cc5)cs4)cc3CC[C@@H]12. The van der Waals surface area contributed by atoms with Crippen molar-refractivity contribution in [3.63, 3.8) is 0 Å². The predicted molar refractivity (Wildman–Crippen MR) is 127 cm³/mol. The summed E-state index contributed by atoms with van der Waals surface area (Å²) in [6.45, 7) is 2.33. The van der Waals surface area contributed by atoms with Gasteiger partial charge < -0.3 is 4.90 Å². The maximum absolute atomic E-state index is 12.2. The number of nitro benzene ring substituents is 1. The second-order valence-electron chi connectivity index (χ2n) is 9.27. The van der Waals surface area contributed by atoms with Gasteiger partial charge in [0.2, 0.25) is 5.91 Å². The standard InChI is InChI=1S/C26H26N2O3S/c1-26-12-11-25(29)27(2)24(26)10-6-19-15-20(5-9-22(19)26)23-14-18(16-32-23)13-17-3-7-21(8-4-17)28(30)31/h3-5,7-9,14-16,24H,6,10-13H2,1-2H3/t24-,26-/m1/s1. The van der Waals surface area contributed by atoms with E-state index < -0.39 is 0 Å². The van der Waals surface area contributed by atoms with Crippen LogP contribution in [0.15, 0.2) is 53.9 Å². The van der Waals surface area contributed by atoms with E-state index in [0.29, 0.717) is 6.42 Å². The number of carbonyl (C=O) groups excluding carboxylic acids is 1. The molecule has 0 radical (unpaired) electrons. The van der Waals surface area contributed by atoms with Crippen LogP contribution in [0.3, 0.4) is 0 Å². The summed E-state index contributed by atoms with van der Waals surface area (Å²) in [5.74, 6) is 0.270. The summed E-state index contributed by atoms with van der Waals surface area (Å²) < 4.78 is 0. The van der Waals surface area contributed by atoms with Gasteiger partial charge in [-0.25, -0.2) is 0 Å². The normalized spacial score (nSPS) is 22.4. The molecule has 1 amide bonds. The zero-order valence-electron chi connectivity index (χ0n) is 18.3. The van der Waals surface area contributed by atoms with Crippen LogP contribution in [-0.2, 0) is 23.1 Å². The average Bonchev–Trinajstić information content (AvgIpc) is 3.25. The number of carbonyl (C=O) groups is 1. The minimum absolute atomic E-state index is 0.0330. The van der Waals surface area contributed by atoms with E-state index in [2.05, 4.69) is 36.6 Å². The first kappa shape index (κ1) is 20.9. The molecule has 0 saturated carbocycles. The fraction of sp³-hybridized carbons (Fsp3) is 0.346. The van der Waals surface area contributed by atoms with E-state index >= 15 is 0 Å². The van der Waals surface area contributed by atoms with E-state index in [1.165, 1.54) is 27.1 Å². The van der Waals surface area contributed by atoms with Gasteiger partial charge in [-0.2, -0.15) is 0 Å². The number of thiophene rings is 1. The van der Waals surface area contributed by atoms with Crippen LogP contribution in [0.4, 0.5) is 5.69 Å². The van der Waals surface area contributed by atoms with Crippen molar-refractivity contribution in [2.45, 2.75) is 50.5 Å². The van der Waals surface area contributed by atoms with Gasteiger partial charge in [-0.05, 0) is 64.9 Å². The largest absolute Gasteiger partial charge is 0.342 e. The number of hydrogen-bond donors (Lipinski definition) is 0. The Kier molecular flexibility index (Phi) is 5.13. The molecule has 5 nitrogen and oxygen atoms in total. The summed E-state index contributed by atoms with van der Waals surface area (Å²) in [5.41, 5.74) is 6.50. The highest BCUT2D eigenvalue weighted by atomic mass is 32.1. The van der Waals surface area contributed by atoms with Gasteiger partial charge in [0.1, 0.15) is 0 Å². The first-order valence-electron chi connectivity index (χ1n) is 11.1. The number of nitro groups is 1. The lowest BCUT2D eigenvalue weighted by molar-refractivity contribution is -0.384. The van der Waals surface area contributed by atoms with Crippen LogP contribution < -0.4 is 0 Å². The maximum Gasteiger partial charge on any atom is 0.269 e. The zero-order valence-corrected chi connectivity index (χ0v) is 19.2. The lowest BCUT2D eigenvalue weighted by atomic mass is 9.63. The number of fused-ring (bicyclic) bond motifs is 3. The van der Waals surface area contributed by atoms with Crippen molar-refractivity contribution in [1.82, 2.24) is 4.90 Å². The zero-order chi connectivity index (χ0) is 22.5. The van der Waals surface area contributed by atoms with Crippen LogP contribution in [0.2, 0.25) is 0 Å². The molecule has 2 aliphatic rings. The monoisotopic (exact) mass is 446 g/mol. The maximum atomic E-state index is 12.2. The Balaban J connectivity index is 1.38. The molecular weight excluding hydrogens is 420 g/mol. The van der Waals surface area contributed by atoms with Crippen molar-refractivity contribution in [3.05, 3.63) is 86.3 Å². The Morgan fingerprint density at radius 3 is 2.66 bits per heavy atom. The molecule has 32 heavy (non-hydrogen) atoms. The average molecular weight is 447 g/mol. The first-order chi connectivity index (χ1) is 15.3. The van der Waals surface area contributed by atoms with Gasteiger partial charge in [-0.3, -0.25) is 14.9 Å². The van der Waals surface area contributed by atoms with Gasteiger partial charge >= 0.3 is 0 Å². The Hall–Kier alpha value is -2.99. The van der Waals surface area contributed by atoms with Gasteiger partial charge in [-0.15, -0.1) is 11.3 Å². The number of piperidine rings is 1. The van der Waals surface area contributed by atoms with Crippen LogP contribution in [0.25, 0.3) is 10.4 Å². The number of non-ortho nitro benzene ring substituents is 1. The third-order valence-electron chi connectivity index (χ3n) is 7.36. The van der Waals surface area contributed by atoms with Crippen molar-refractivity contribution in [2.24, 2.45) is 0 Å². The number of hydrogen-bond acceptors (Lipinski definition) is 4. The van der Waals surface area contributed by atoms with Crippen molar-refractivity contribution < 1.29 is 9.72 Å². The van der Waals surface area contributed by atoms with E-state index in [9.17, 15) is 14.9 Å². The Bertz CT molecular complexity index is 1200. The number of rotatable bonds is 4. The smallest absolute Gasteiger partial charge is 0.269 e. The first-order valence-corrected chi connectivity index (χ1v) is 11.9. The molecule has 0 unspecified atom stereocenters. The van der Waals surface area contributed by atoms with E-state index in [1.807, 2.05) is 24.1 Å². The fourth-order valence-electron chi connectivity index (χ4n) is 5.53. The molecule has 1 fully saturated rings. The molecule has 1 aromatic heterocycles. The Morgan fingerprint density at radius 2 is 1.91 bits per heavy atom. The highest BCUT2D eigenvalue weighted by Gasteiger charge is 2.46. The lowest BCUT2D eigenvalue weighted by Crippen LogP contribution is -2.56. The summed E-state index contributed by atoms with van der Waals surface area (Å²) in [4.78, 5) is 25.9. The van der Waals surface area contributed by atoms with Gasteiger partial charge in [0.05, 0.1) is 4.92 Å². The molecule has 2 atom stereocenters. The molecular formula is C26H26N2O3S. The molecule has 0 N–H and O–H groups in total. The molecule has 1 aliphatic carbocycles. The third kappa shape index (κ3) is 3.52. The van der Waals surface area contributed by atoms with Crippen molar-refractivity contribution in [2.75, 3.05) is 7.05 Å². The lowest BCUT2D eigenvalue weighted by Gasteiger charge is -2.50. The molecule has 1 aliphatic heterocycles. The third-order valence-corrected chi connectivity index (χ3v) is 8.38. The van der Waals surface area contributed by atoms with E-state index in [-0.39, 0.29) is 28.0 Å². The molecule has 2 aromatic carbocycles. The minimum Gasteiger partial charge on any atom is -0.342 e. The highest BCUT2D eigenvalue weighted by molar-refractivity contribution is 7.13. The quantitative estimate of drug-likeness (QED) is 0.379. The number of nitrogens with zero attached hydrogens (tertiary/aromatic N) is 2. The summed E-state index contributed by atoms with van der Waals surface area (Å²) in [5, 5.41) is 13.0. The molecule has 2 heterocycles. The van der Waals surface area contributed by atoms with Crippen LogP contribution >= 0.6 is 11.3 Å². The van der Waals surface area contributed by atoms with Crippen LogP contribution in [-0.4, -0.2) is 28.8 Å². The second kappa shape index (κ2) is 7.85. The van der Waals surface area contributed by atoms with Crippen molar-refractivity contribution in [3.8, 4) is 10.4 Å². The summed E-state index contributed by atoms with van der Waals surface area (Å²) in [6, 6.07) is 16.2. The molecule has 5 rings (SSSR count). The fourth-order valence-corrected chi connectivity index (χ4v) is 6.44. The number of benzene rings is 2. The molecule has 1 saturated heterocycles. The molecule has 0 bridgehead atoms. The number of amides is 1. The number of likely N-dealkylation sites (tertiary alicyclic amines) is 1. The van der Waals surface area contributed by atoms with E-state index in [1.54, 1.807) is 23.5 Å². The Morgan fingerprint density at radius 1 is 1.12 bits per heavy atom. The summed E-state index contributed by atoms with van der Waals surface area (Å²) in [7, 11) is 1.96. The Labute approximate surface area is 191 Å². The molecule has 3 aromatic rings. The topological polar surface area (TPSA) is 63.5 Å². The van der Waals surface area contributed by atoms with Gasteiger partial charge in [0.15, 0.2) is 0 Å². The second-order valence-corrected chi connectivity index (χ2v) is 10.2. The van der Waals surface area contributed by atoms with E-state index in [4.69, 9.17) is 0 Å². The number of aryl methyl sites for hydroxylation is 1. The highest BCUT2D eigenvalue weighted by Crippen LogP contribution is 2.46. The van der Waals surface area contributed by atoms with Crippen LogP contribution in [0.5, 0.6) is 0 Å². The molecule has 0 spiro atoms. The van der Waals surface area contributed by atoms with Gasteiger partial charge in [-0.1, -0.05) is 37.3 Å². The predicted octanol–water partition coefficient (Wildman–Crippen LogP) is 5.74. The van der Waals surface area contributed by atoms with Gasteiger partial charge in [0, 0.05) is 41.9 Å². The molecule has 6 heteroatoms. The van der Waals surface area contributed by atoms with Crippen LogP contribution in [0.1, 0.15) is 48.4 Å². The van der Waals surface area contributed by atoms with Crippen molar-refractivity contribution in [1.29, 1.82) is 0 Å². The summed E-state index contributed by atoms with van der Waals surface area (Å²) in [6.07, 6.45) is 4.33. The minimum atomic E-state index is -0.367. The van der Waals surface area contributed by atoms with E-state index in [0.717, 1.165) is 31.2 Å². The van der Waals surface area contributed by atoms with Gasteiger partial charge in [0.25, 0.3) is 5.69 Å². The number of likely N-dealkylation sites (N-methyl/N-ethyl adjacent to an activating group) is 1.